The van der Waals surface area contributed by atoms with Crippen molar-refractivity contribution >= 4 is 5.69 Å². The van der Waals surface area contributed by atoms with E-state index in [2.05, 4.69) is 4.98 Å². The Bertz CT molecular complexity index is 630. The topological polar surface area (TPSA) is 57.4 Å². The number of nitrogen functional groups attached to an aromatic ring is 1. The Morgan fingerprint density at radius 2 is 1.90 bits per heavy atom. The normalized spacial score (nSPS) is 11.2. The van der Waals surface area contributed by atoms with Crippen molar-refractivity contribution in [2.24, 2.45) is 0 Å². The molecule has 1 heterocycles. The molecule has 7 heteroatoms. The molecule has 2 aromatic rings. The van der Waals surface area contributed by atoms with Gasteiger partial charge in [-0.2, -0.15) is 13.2 Å². The quantitative estimate of drug-likeness (QED) is 0.880. The molecule has 0 amide bonds. The molecule has 2 N–H and O–H groups in total. The summed E-state index contributed by atoms with van der Waals surface area (Å²) < 4.78 is 47.0. The zero-order valence-corrected chi connectivity index (χ0v) is 11.1. The van der Waals surface area contributed by atoms with E-state index in [1.807, 2.05) is 0 Å². The molecule has 112 valence electrons. The third-order valence-electron chi connectivity index (χ3n) is 2.69. The second kappa shape index (κ2) is 5.90. The van der Waals surface area contributed by atoms with E-state index in [-0.39, 0.29) is 5.75 Å². The van der Waals surface area contributed by atoms with Gasteiger partial charge in [-0.3, -0.25) is 4.98 Å². The van der Waals surface area contributed by atoms with Gasteiger partial charge in [0.25, 0.3) is 0 Å². The number of nitrogens with two attached hydrogens (primary N) is 1. The van der Waals surface area contributed by atoms with Gasteiger partial charge in [-0.25, -0.2) is 0 Å². The minimum Gasteiger partial charge on any atom is -0.496 e. The first kappa shape index (κ1) is 15.0. The second-order valence-electron chi connectivity index (χ2n) is 4.24. The molecule has 0 unspecified atom stereocenters. The Labute approximate surface area is 119 Å². The van der Waals surface area contributed by atoms with Crippen molar-refractivity contribution in [2.45, 2.75) is 6.18 Å². The lowest BCUT2D eigenvalue weighted by Gasteiger charge is -2.15. The van der Waals surface area contributed by atoms with Crippen molar-refractivity contribution in [3.63, 3.8) is 0 Å². The van der Waals surface area contributed by atoms with Crippen molar-refractivity contribution in [2.75, 3.05) is 19.5 Å². The summed E-state index contributed by atoms with van der Waals surface area (Å²) in [6.07, 6.45) is -1.42. The molecule has 0 saturated heterocycles. The SMILES string of the molecule is COc1ccncc1-c1ccc(N)cc1OCC(F)(F)F. The highest BCUT2D eigenvalue weighted by Gasteiger charge is 2.29. The number of rotatable bonds is 4. The molecule has 1 aromatic carbocycles. The molecule has 0 radical (unpaired) electrons. The van der Waals surface area contributed by atoms with Gasteiger partial charge in [-0.1, -0.05) is 0 Å². The van der Waals surface area contributed by atoms with Crippen LogP contribution in [0.4, 0.5) is 18.9 Å². The smallest absolute Gasteiger partial charge is 0.422 e. The molecular formula is C14H13F3N2O2. The summed E-state index contributed by atoms with van der Waals surface area (Å²) in [4.78, 5) is 3.95. The number of ether oxygens (including phenoxy) is 2. The third kappa shape index (κ3) is 3.77. The molecule has 0 spiro atoms. The molecule has 4 nitrogen and oxygen atoms in total. The van der Waals surface area contributed by atoms with Crippen LogP contribution in [0.25, 0.3) is 11.1 Å². The van der Waals surface area contributed by atoms with Crippen LogP contribution in [0.3, 0.4) is 0 Å². The molecule has 0 saturated carbocycles. The molecule has 0 aliphatic heterocycles. The Morgan fingerprint density at radius 3 is 2.57 bits per heavy atom. The summed E-state index contributed by atoms with van der Waals surface area (Å²) in [6.45, 7) is -1.40. The van der Waals surface area contributed by atoms with Crippen LogP contribution in [0.5, 0.6) is 11.5 Å². The number of hydrogen-bond donors (Lipinski definition) is 1. The van der Waals surface area contributed by atoms with Crippen LogP contribution >= 0.6 is 0 Å². The van der Waals surface area contributed by atoms with Gasteiger partial charge < -0.3 is 15.2 Å². The largest absolute Gasteiger partial charge is 0.496 e. The van der Waals surface area contributed by atoms with Gasteiger partial charge in [-0.15, -0.1) is 0 Å². The Morgan fingerprint density at radius 1 is 1.14 bits per heavy atom. The zero-order valence-electron chi connectivity index (χ0n) is 11.1. The Balaban J connectivity index is 2.43. The van der Waals surface area contributed by atoms with Gasteiger partial charge in [0.15, 0.2) is 6.61 Å². The number of aromatic nitrogens is 1. The number of halogens is 3. The van der Waals surface area contributed by atoms with Crippen LogP contribution in [0, 0.1) is 0 Å². The number of pyridine rings is 1. The van der Waals surface area contributed by atoms with Crippen LogP contribution in [-0.2, 0) is 0 Å². The number of anilines is 1. The fraction of sp³-hybridized carbons (Fsp3) is 0.214. The first-order chi connectivity index (χ1) is 9.90. The van der Waals surface area contributed by atoms with E-state index in [4.69, 9.17) is 15.2 Å². The predicted molar refractivity (Wildman–Crippen MR) is 72.2 cm³/mol. The summed E-state index contributed by atoms with van der Waals surface area (Å²) in [5.74, 6) is 0.505. The van der Waals surface area contributed by atoms with Crippen LogP contribution < -0.4 is 15.2 Å². The van der Waals surface area contributed by atoms with E-state index < -0.39 is 12.8 Å². The standard InChI is InChI=1S/C14H13F3N2O2/c1-20-12-4-5-19-7-11(12)10-3-2-9(18)6-13(10)21-8-14(15,16)17/h2-7H,8,18H2,1H3. The zero-order chi connectivity index (χ0) is 15.5. The monoisotopic (exact) mass is 298 g/mol. The average Bonchev–Trinajstić information content (AvgIpc) is 2.44. The van der Waals surface area contributed by atoms with Crippen molar-refractivity contribution in [1.29, 1.82) is 0 Å². The Hall–Kier alpha value is -2.44. The Kier molecular flexibility index (Phi) is 4.21. The molecule has 0 atom stereocenters. The molecule has 1 aromatic heterocycles. The van der Waals surface area contributed by atoms with E-state index in [9.17, 15) is 13.2 Å². The number of hydrogen-bond acceptors (Lipinski definition) is 4. The predicted octanol–water partition coefficient (Wildman–Crippen LogP) is 3.28. The maximum atomic E-state index is 12.3. The summed E-state index contributed by atoms with van der Waals surface area (Å²) >= 11 is 0. The number of nitrogens with zero attached hydrogens (tertiary/aromatic N) is 1. The van der Waals surface area contributed by atoms with Gasteiger partial charge in [0.1, 0.15) is 11.5 Å². The lowest BCUT2D eigenvalue weighted by molar-refractivity contribution is -0.153. The van der Waals surface area contributed by atoms with Crippen molar-refractivity contribution in [1.82, 2.24) is 4.98 Å². The highest BCUT2D eigenvalue weighted by Crippen LogP contribution is 2.37. The maximum absolute atomic E-state index is 12.3. The molecule has 0 aliphatic rings. The van der Waals surface area contributed by atoms with Gasteiger partial charge >= 0.3 is 6.18 Å². The summed E-state index contributed by atoms with van der Waals surface area (Å²) in [5.41, 5.74) is 6.87. The lowest BCUT2D eigenvalue weighted by atomic mass is 10.1. The summed E-state index contributed by atoms with van der Waals surface area (Å²) in [7, 11) is 1.46. The van der Waals surface area contributed by atoms with Crippen LogP contribution in [0.15, 0.2) is 36.7 Å². The molecule has 2 rings (SSSR count). The van der Waals surface area contributed by atoms with Crippen molar-refractivity contribution < 1.29 is 22.6 Å². The molecule has 0 aliphatic carbocycles. The number of benzene rings is 1. The van der Waals surface area contributed by atoms with Gasteiger partial charge in [0, 0.05) is 35.3 Å². The molecule has 21 heavy (non-hydrogen) atoms. The first-order valence-electron chi connectivity index (χ1n) is 5.98. The van der Waals surface area contributed by atoms with Crippen LogP contribution in [-0.4, -0.2) is 24.9 Å². The van der Waals surface area contributed by atoms with Gasteiger partial charge in [0.2, 0.25) is 0 Å². The summed E-state index contributed by atoms with van der Waals surface area (Å²) in [5, 5.41) is 0. The highest BCUT2D eigenvalue weighted by molar-refractivity contribution is 5.76. The minimum absolute atomic E-state index is 0.0265. The van der Waals surface area contributed by atoms with E-state index in [0.717, 1.165) is 0 Å². The van der Waals surface area contributed by atoms with Crippen LogP contribution in [0.2, 0.25) is 0 Å². The minimum atomic E-state index is -4.43. The molecular weight excluding hydrogens is 285 g/mol. The van der Waals surface area contributed by atoms with E-state index in [1.165, 1.54) is 25.6 Å². The van der Waals surface area contributed by atoms with Gasteiger partial charge in [0.05, 0.1) is 7.11 Å². The van der Waals surface area contributed by atoms with Gasteiger partial charge in [-0.05, 0) is 18.2 Å². The van der Waals surface area contributed by atoms with Crippen molar-refractivity contribution in [3.05, 3.63) is 36.7 Å². The molecule has 0 fully saturated rings. The third-order valence-corrected chi connectivity index (χ3v) is 2.69. The van der Waals surface area contributed by atoms with E-state index in [1.54, 1.807) is 18.2 Å². The fourth-order valence-electron chi connectivity index (χ4n) is 1.80. The highest BCUT2D eigenvalue weighted by atomic mass is 19.4. The first-order valence-corrected chi connectivity index (χ1v) is 5.98. The molecule has 0 bridgehead atoms. The lowest BCUT2D eigenvalue weighted by Crippen LogP contribution is -2.19. The van der Waals surface area contributed by atoms with Crippen LogP contribution in [0.1, 0.15) is 0 Å². The number of methoxy groups -OCH3 is 1. The van der Waals surface area contributed by atoms with Crippen molar-refractivity contribution in [3.8, 4) is 22.6 Å². The average molecular weight is 298 g/mol. The fourth-order valence-corrected chi connectivity index (χ4v) is 1.80. The van der Waals surface area contributed by atoms with E-state index >= 15 is 0 Å². The maximum Gasteiger partial charge on any atom is 0.422 e. The van der Waals surface area contributed by atoms with E-state index in [0.29, 0.717) is 22.6 Å². The number of alkyl halides is 3. The summed E-state index contributed by atoms with van der Waals surface area (Å²) in [6, 6.07) is 6.09. The second-order valence-corrected chi connectivity index (χ2v) is 4.24.